The molecule has 1 aliphatic heterocycles. The number of rotatable bonds is 3. The van der Waals surface area contributed by atoms with E-state index in [2.05, 4.69) is 19.2 Å². The largest absolute Gasteiger partial charge is 0.507 e. The highest BCUT2D eigenvalue weighted by atomic mass is 35.5. The van der Waals surface area contributed by atoms with E-state index < -0.39 is 0 Å². The number of piperazine rings is 1. The van der Waals surface area contributed by atoms with Crippen LogP contribution in [-0.2, 0) is 0 Å². The van der Waals surface area contributed by atoms with Gasteiger partial charge in [0.05, 0.1) is 5.56 Å². The maximum absolute atomic E-state index is 12.7. The molecule has 1 heterocycles. The number of hydrogen-bond acceptors (Lipinski definition) is 3. The number of halogens is 1. The van der Waals surface area contributed by atoms with Gasteiger partial charge in [0.1, 0.15) is 5.75 Å². The number of aromatic hydroxyl groups is 1. The molecule has 1 aromatic rings. The average molecular weight is 297 g/mol. The minimum Gasteiger partial charge on any atom is -0.507 e. The number of hydrogen-bond donors (Lipinski definition) is 2. The van der Waals surface area contributed by atoms with E-state index in [-0.39, 0.29) is 23.3 Å². The minimum atomic E-state index is -0.142. The third-order valence-corrected chi connectivity index (χ3v) is 4.15. The number of phenols is 1. The molecule has 20 heavy (non-hydrogen) atoms. The van der Waals surface area contributed by atoms with Crippen molar-refractivity contribution < 1.29 is 9.90 Å². The Kier molecular flexibility index (Phi) is 4.89. The van der Waals surface area contributed by atoms with Crippen molar-refractivity contribution in [1.82, 2.24) is 10.2 Å². The molecule has 1 fully saturated rings. The molecule has 0 bridgehead atoms. The molecule has 2 N–H and O–H groups in total. The zero-order valence-electron chi connectivity index (χ0n) is 11.9. The summed E-state index contributed by atoms with van der Waals surface area (Å²) in [6.45, 7) is 5.63. The van der Waals surface area contributed by atoms with Crippen molar-refractivity contribution in [2.24, 2.45) is 0 Å². The van der Waals surface area contributed by atoms with Gasteiger partial charge in [-0.2, -0.15) is 0 Å². The number of carbonyl (C=O) groups is 1. The fourth-order valence-electron chi connectivity index (χ4n) is 2.59. The van der Waals surface area contributed by atoms with Crippen LogP contribution in [0.5, 0.6) is 5.75 Å². The molecular weight excluding hydrogens is 276 g/mol. The lowest BCUT2D eigenvalue weighted by molar-refractivity contribution is 0.0573. The highest BCUT2D eigenvalue weighted by molar-refractivity contribution is 6.31. The van der Waals surface area contributed by atoms with E-state index >= 15 is 0 Å². The highest BCUT2D eigenvalue weighted by Gasteiger charge is 2.31. The van der Waals surface area contributed by atoms with E-state index in [0.29, 0.717) is 17.6 Å². The van der Waals surface area contributed by atoms with Crippen LogP contribution in [0.25, 0.3) is 0 Å². The Balaban J connectivity index is 2.26. The maximum Gasteiger partial charge on any atom is 0.258 e. The molecule has 0 radical (unpaired) electrons. The molecule has 0 saturated carbocycles. The lowest BCUT2D eigenvalue weighted by Crippen LogP contribution is -2.57. The lowest BCUT2D eigenvalue weighted by atomic mass is 10.0. The predicted molar refractivity (Wildman–Crippen MR) is 80.3 cm³/mol. The van der Waals surface area contributed by atoms with Crippen LogP contribution in [0.4, 0.5) is 0 Å². The molecule has 0 spiro atoms. The van der Waals surface area contributed by atoms with Crippen LogP contribution in [0, 0.1) is 0 Å². The molecule has 1 aliphatic rings. The van der Waals surface area contributed by atoms with E-state index in [9.17, 15) is 9.90 Å². The van der Waals surface area contributed by atoms with Gasteiger partial charge >= 0.3 is 0 Å². The smallest absolute Gasteiger partial charge is 0.258 e. The SMILES string of the molecule is CCC1CN(C(=O)c2cc(Cl)ccc2O)C(CC)CN1. The molecule has 1 aromatic carbocycles. The van der Waals surface area contributed by atoms with E-state index in [1.807, 2.05) is 4.90 Å². The number of phenolic OH excluding ortho intramolecular Hbond substituents is 1. The first-order valence-electron chi connectivity index (χ1n) is 7.09. The summed E-state index contributed by atoms with van der Waals surface area (Å²) in [5.41, 5.74) is 0.285. The molecule has 0 aromatic heterocycles. The first-order valence-corrected chi connectivity index (χ1v) is 7.47. The quantitative estimate of drug-likeness (QED) is 0.901. The summed E-state index contributed by atoms with van der Waals surface area (Å²) < 4.78 is 0. The van der Waals surface area contributed by atoms with Gasteiger partial charge in [0, 0.05) is 30.2 Å². The Bertz CT molecular complexity index is 493. The predicted octanol–water partition coefficient (Wildman–Crippen LogP) is 2.65. The third kappa shape index (κ3) is 3.07. The van der Waals surface area contributed by atoms with Crippen LogP contribution < -0.4 is 5.32 Å². The van der Waals surface area contributed by atoms with Gasteiger partial charge in [-0.05, 0) is 31.0 Å². The zero-order chi connectivity index (χ0) is 14.7. The molecule has 2 rings (SSSR count). The Hall–Kier alpha value is -1.26. The van der Waals surface area contributed by atoms with Crippen LogP contribution in [0.2, 0.25) is 5.02 Å². The molecule has 5 heteroatoms. The van der Waals surface area contributed by atoms with Crippen molar-refractivity contribution in [2.45, 2.75) is 38.8 Å². The van der Waals surface area contributed by atoms with Gasteiger partial charge in [0.15, 0.2) is 0 Å². The number of nitrogens with one attached hydrogen (secondary N) is 1. The Morgan fingerprint density at radius 2 is 2.20 bits per heavy atom. The van der Waals surface area contributed by atoms with Crippen LogP contribution in [0.15, 0.2) is 18.2 Å². The first-order chi connectivity index (χ1) is 9.56. The van der Waals surface area contributed by atoms with Gasteiger partial charge in [0.2, 0.25) is 0 Å². The zero-order valence-corrected chi connectivity index (χ0v) is 12.7. The van der Waals surface area contributed by atoms with Crippen molar-refractivity contribution >= 4 is 17.5 Å². The lowest BCUT2D eigenvalue weighted by Gasteiger charge is -2.40. The van der Waals surface area contributed by atoms with Gasteiger partial charge in [-0.15, -0.1) is 0 Å². The summed E-state index contributed by atoms with van der Waals surface area (Å²) in [7, 11) is 0. The second-order valence-corrected chi connectivity index (χ2v) is 5.63. The van der Waals surface area contributed by atoms with E-state index in [0.717, 1.165) is 19.4 Å². The van der Waals surface area contributed by atoms with Crippen molar-refractivity contribution in [2.75, 3.05) is 13.1 Å². The molecule has 1 amide bonds. The normalized spacial score (nSPS) is 22.9. The fraction of sp³-hybridized carbons (Fsp3) is 0.533. The molecule has 0 aliphatic carbocycles. The monoisotopic (exact) mass is 296 g/mol. The van der Waals surface area contributed by atoms with E-state index in [1.165, 1.54) is 12.1 Å². The summed E-state index contributed by atoms with van der Waals surface area (Å²) in [6.07, 6.45) is 1.86. The van der Waals surface area contributed by atoms with Crippen molar-refractivity contribution in [1.29, 1.82) is 0 Å². The van der Waals surface area contributed by atoms with Gasteiger partial charge in [-0.3, -0.25) is 4.79 Å². The molecule has 2 unspecified atom stereocenters. The first kappa shape index (κ1) is 15.1. The van der Waals surface area contributed by atoms with Crippen LogP contribution in [0.1, 0.15) is 37.0 Å². The average Bonchev–Trinajstić information content (AvgIpc) is 2.48. The van der Waals surface area contributed by atoms with Crippen molar-refractivity contribution in [3.63, 3.8) is 0 Å². The van der Waals surface area contributed by atoms with Crippen LogP contribution >= 0.6 is 11.6 Å². The number of nitrogens with zero attached hydrogens (tertiary/aromatic N) is 1. The van der Waals surface area contributed by atoms with Gasteiger partial charge in [-0.1, -0.05) is 25.4 Å². The van der Waals surface area contributed by atoms with Crippen molar-refractivity contribution in [3.05, 3.63) is 28.8 Å². The van der Waals surface area contributed by atoms with Crippen LogP contribution in [-0.4, -0.2) is 41.1 Å². The minimum absolute atomic E-state index is 0.0131. The van der Waals surface area contributed by atoms with Gasteiger partial charge < -0.3 is 15.3 Å². The summed E-state index contributed by atoms with van der Waals surface area (Å²) >= 11 is 5.93. The number of benzene rings is 1. The van der Waals surface area contributed by atoms with E-state index in [4.69, 9.17) is 11.6 Å². The second-order valence-electron chi connectivity index (χ2n) is 5.19. The van der Waals surface area contributed by atoms with Crippen LogP contribution in [0.3, 0.4) is 0 Å². The highest BCUT2D eigenvalue weighted by Crippen LogP contribution is 2.25. The molecule has 1 saturated heterocycles. The summed E-state index contributed by atoms with van der Waals surface area (Å²) in [4.78, 5) is 14.5. The maximum atomic E-state index is 12.7. The Morgan fingerprint density at radius 1 is 1.45 bits per heavy atom. The Labute approximate surface area is 124 Å². The summed E-state index contributed by atoms with van der Waals surface area (Å²) in [5.74, 6) is -0.155. The molecular formula is C15H21ClN2O2. The standard InChI is InChI=1S/C15H21ClN2O2/c1-3-11-9-18(12(4-2)8-17-11)15(20)13-7-10(16)5-6-14(13)19/h5-7,11-12,17,19H,3-4,8-9H2,1-2H3. The molecule has 4 nitrogen and oxygen atoms in total. The topological polar surface area (TPSA) is 52.6 Å². The number of carbonyl (C=O) groups excluding carboxylic acids is 1. The van der Waals surface area contributed by atoms with Gasteiger partial charge in [-0.25, -0.2) is 0 Å². The summed E-state index contributed by atoms with van der Waals surface area (Å²) in [6, 6.07) is 5.05. The third-order valence-electron chi connectivity index (χ3n) is 3.91. The fourth-order valence-corrected chi connectivity index (χ4v) is 2.76. The Morgan fingerprint density at radius 3 is 2.85 bits per heavy atom. The molecule has 110 valence electrons. The van der Waals surface area contributed by atoms with Gasteiger partial charge in [0.25, 0.3) is 5.91 Å². The van der Waals surface area contributed by atoms with Crippen molar-refractivity contribution in [3.8, 4) is 5.75 Å². The second kappa shape index (κ2) is 6.46. The number of amides is 1. The summed E-state index contributed by atoms with van der Waals surface area (Å²) in [5, 5.41) is 13.8. The molecule has 2 atom stereocenters. The van der Waals surface area contributed by atoms with E-state index in [1.54, 1.807) is 6.07 Å².